The lowest BCUT2D eigenvalue weighted by Gasteiger charge is -2.11. The first-order valence-electron chi connectivity index (χ1n) is 8.34. The number of aromatic nitrogens is 2. The number of halogens is 2. The smallest absolute Gasteiger partial charge is 0.373 e. The van der Waals surface area contributed by atoms with Gasteiger partial charge >= 0.3 is 11.6 Å². The van der Waals surface area contributed by atoms with Gasteiger partial charge in [-0.1, -0.05) is 49.2 Å². The second kappa shape index (κ2) is 8.41. The van der Waals surface area contributed by atoms with Gasteiger partial charge in [-0.15, -0.1) is 0 Å². The van der Waals surface area contributed by atoms with Crippen LogP contribution < -0.4 is 10.1 Å². The van der Waals surface area contributed by atoms with Gasteiger partial charge in [-0.25, -0.2) is 4.98 Å². The predicted molar refractivity (Wildman–Crippen MR) is 109 cm³/mol. The highest BCUT2D eigenvalue weighted by Gasteiger charge is 2.25. The number of hydrogen-bond acceptors (Lipinski definition) is 6. The molecule has 0 aliphatic heterocycles. The van der Waals surface area contributed by atoms with Gasteiger partial charge in [0.15, 0.2) is 0 Å². The summed E-state index contributed by atoms with van der Waals surface area (Å²) in [6, 6.07) is 12.0. The zero-order chi connectivity index (χ0) is 20.3. The van der Waals surface area contributed by atoms with E-state index in [4.69, 9.17) is 27.9 Å². The average molecular weight is 419 g/mol. The SMILES string of the molecule is CC(C)c1ccc(Oc2ncnc(Nc3ccc(Cl)cc3Cl)c2[N+](=O)[O-])cc1. The van der Waals surface area contributed by atoms with Crippen molar-refractivity contribution in [2.45, 2.75) is 19.8 Å². The molecule has 9 heteroatoms. The lowest BCUT2D eigenvalue weighted by atomic mass is 10.0. The number of rotatable bonds is 6. The van der Waals surface area contributed by atoms with Crippen molar-refractivity contribution < 1.29 is 9.66 Å². The largest absolute Gasteiger partial charge is 0.434 e. The van der Waals surface area contributed by atoms with Crippen molar-refractivity contribution in [1.29, 1.82) is 0 Å². The van der Waals surface area contributed by atoms with Gasteiger partial charge in [0.2, 0.25) is 5.82 Å². The van der Waals surface area contributed by atoms with Gasteiger partial charge in [0.1, 0.15) is 12.1 Å². The minimum absolute atomic E-state index is 0.0435. The summed E-state index contributed by atoms with van der Waals surface area (Å²) in [6.07, 6.45) is 1.18. The minimum atomic E-state index is -0.607. The Balaban J connectivity index is 1.94. The normalized spacial score (nSPS) is 10.8. The van der Waals surface area contributed by atoms with Gasteiger partial charge in [-0.2, -0.15) is 4.98 Å². The van der Waals surface area contributed by atoms with E-state index in [2.05, 4.69) is 29.1 Å². The molecule has 0 aliphatic rings. The van der Waals surface area contributed by atoms with Gasteiger partial charge in [-0.3, -0.25) is 10.1 Å². The Morgan fingerprint density at radius 1 is 1.11 bits per heavy atom. The third-order valence-corrected chi connectivity index (χ3v) is 4.46. The van der Waals surface area contributed by atoms with Crippen LogP contribution in [-0.2, 0) is 0 Å². The first kappa shape index (κ1) is 19.9. The highest BCUT2D eigenvalue weighted by Crippen LogP contribution is 2.37. The Morgan fingerprint density at radius 2 is 1.82 bits per heavy atom. The van der Waals surface area contributed by atoms with Gasteiger partial charge in [-0.05, 0) is 41.8 Å². The summed E-state index contributed by atoms with van der Waals surface area (Å²) in [7, 11) is 0. The van der Waals surface area contributed by atoms with E-state index in [1.54, 1.807) is 24.3 Å². The van der Waals surface area contributed by atoms with Gasteiger partial charge in [0.25, 0.3) is 0 Å². The van der Waals surface area contributed by atoms with E-state index < -0.39 is 10.6 Å². The van der Waals surface area contributed by atoms with E-state index in [9.17, 15) is 10.1 Å². The molecule has 0 saturated heterocycles. The number of anilines is 2. The van der Waals surface area contributed by atoms with Crippen molar-refractivity contribution in [3.63, 3.8) is 0 Å². The van der Waals surface area contributed by atoms with Crippen molar-refractivity contribution >= 4 is 40.4 Å². The van der Waals surface area contributed by atoms with Crippen LogP contribution in [0.25, 0.3) is 0 Å². The third-order valence-electron chi connectivity index (χ3n) is 3.92. The number of nitrogens with zero attached hydrogens (tertiary/aromatic N) is 3. The molecule has 0 amide bonds. The lowest BCUT2D eigenvalue weighted by molar-refractivity contribution is -0.385. The van der Waals surface area contributed by atoms with E-state index in [1.165, 1.54) is 12.4 Å². The molecule has 0 atom stereocenters. The topological polar surface area (TPSA) is 90.2 Å². The molecular weight excluding hydrogens is 403 g/mol. The molecule has 0 fully saturated rings. The molecule has 1 heterocycles. The summed E-state index contributed by atoms with van der Waals surface area (Å²) in [5.41, 5.74) is 1.14. The molecule has 0 spiro atoms. The molecule has 0 unspecified atom stereocenters. The zero-order valence-corrected chi connectivity index (χ0v) is 16.5. The molecule has 0 radical (unpaired) electrons. The van der Waals surface area contributed by atoms with Crippen LogP contribution in [-0.4, -0.2) is 14.9 Å². The summed E-state index contributed by atoms with van der Waals surface area (Å²) < 4.78 is 5.65. The first-order valence-corrected chi connectivity index (χ1v) is 9.10. The summed E-state index contributed by atoms with van der Waals surface area (Å²) in [5, 5.41) is 15.2. The Kier molecular flexibility index (Phi) is 5.96. The van der Waals surface area contributed by atoms with Gasteiger partial charge < -0.3 is 10.1 Å². The van der Waals surface area contributed by atoms with E-state index in [1.807, 2.05) is 12.1 Å². The number of nitro groups is 1. The maximum absolute atomic E-state index is 11.7. The number of nitrogens with one attached hydrogen (secondary N) is 1. The molecule has 3 aromatic rings. The fourth-order valence-electron chi connectivity index (χ4n) is 2.44. The van der Waals surface area contributed by atoms with Crippen LogP contribution in [0.15, 0.2) is 48.8 Å². The van der Waals surface area contributed by atoms with E-state index in [0.717, 1.165) is 5.56 Å². The average Bonchev–Trinajstić information content (AvgIpc) is 2.64. The highest BCUT2D eigenvalue weighted by molar-refractivity contribution is 6.36. The van der Waals surface area contributed by atoms with E-state index >= 15 is 0 Å². The first-order chi connectivity index (χ1) is 13.3. The molecule has 0 bridgehead atoms. The highest BCUT2D eigenvalue weighted by atomic mass is 35.5. The fourth-order valence-corrected chi connectivity index (χ4v) is 2.90. The fraction of sp³-hybridized carbons (Fsp3) is 0.158. The quantitative estimate of drug-likeness (QED) is 0.370. The Labute approximate surface area is 171 Å². The Hall–Kier alpha value is -2.90. The van der Waals surface area contributed by atoms with Crippen molar-refractivity contribution in [3.8, 4) is 11.6 Å². The minimum Gasteiger partial charge on any atom is -0.434 e. The molecular formula is C19H16Cl2N4O3. The summed E-state index contributed by atoms with van der Waals surface area (Å²) in [6.45, 7) is 4.15. The molecule has 2 aromatic carbocycles. The van der Waals surface area contributed by atoms with Crippen LogP contribution in [0.2, 0.25) is 10.0 Å². The van der Waals surface area contributed by atoms with Crippen molar-refractivity contribution in [2.24, 2.45) is 0 Å². The summed E-state index contributed by atoms with van der Waals surface area (Å²) in [5.74, 6) is 0.576. The summed E-state index contributed by atoms with van der Waals surface area (Å²) >= 11 is 12.0. The van der Waals surface area contributed by atoms with Crippen molar-refractivity contribution in [2.75, 3.05) is 5.32 Å². The van der Waals surface area contributed by atoms with Crippen LogP contribution in [0.3, 0.4) is 0 Å². The van der Waals surface area contributed by atoms with Crippen LogP contribution in [0.4, 0.5) is 17.2 Å². The number of ether oxygens (including phenoxy) is 1. The maximum atomic E-state index is 11.7. The maximum Gasteiger partial charge on any atom is 0.373 e. The molecule has 1 aromatic heterocycles. The Bertz CT molecular complexity index is 1010. The molecule has 7 nitrogen and oxygen atoms in total. The second-order valence-corrected chi connectivity index (χ2v) is 7.05. The van der Waals surface area contributed by atoms with Crippen LogP contribution in [0.5, 0.6) is 11.6 Å². The molecule has 0 aliphatic carbocycles. The molecule has 3 rings (SSSR count). The van der Waals surface area contributed by atoms with Crippen LogP contribution in [0, 0.1) is 10.1 Å². The van der Waals surface area contributed by atoms with Crippen LogP contribution >= 0.6 is 23.2 Å². The monoisotopic (exact) mass is 418 g/mol. The molecule has 28 heavy (non-hydrogen) atoms. The zero-order valence-electron chi connectivity index (χ0n) is 15.0. The number of hydrogen-bond donors (Lipinski definition) is 1. The molecule has 144 valence electrons. The molecule has 1 N–H and O–H groups in total. The summed E-state index contributed by atoms with van der Waals surface area (Å²) in [4.78, 5) is 18.9. The lowest BCUT2D eigenvalue weighted by Crippen LogP contribution is -2.04. The van der Waals surface area contributed by atoms with Crippen molar-refractivity contribution in [1.82, 2.24) is 9.97 Å². The number of benzene rings is 2. The predicted octanol–water partition coefficient (Wildman–Crippen LogP) is 6.35. The Morgan fingerprint density at radius 3 is 2.43 bits per heavy atom. The van der Waals surface area contributed by atoms with E-state index in [0.29, 0.717) is 27.4 Å². The van der Waals surface area contributed by atoms with Gasteiger partial charge in [0, 0.05) is 5.02 Å². The molecule has 0 saturated carbocycles. The van der Waals surface area contributed by atoms with Crippen molar-refractivity contribution in [3.05, 3.63) is 74.5 Å². The van der Waals surface area contributed by atoms with Crippen LogP contribution in [0.1, 0.15) is 25.3 Å². The van der Waals surface area contributed by atoms with E-state index in [-0.39, 0.29) is 11.7 Å². The van der Waals surface area contributed by atoms with Gasteiger partial charge in [0.05, 0.1) is 15.6 Å². The third kappa shape index (κ3) is 4.49. The standard InChI is InChI=1S/C19H16Cl2N4O3/c1-11(2)12-3-6-14(7-4-12)28-19-17(25(26)27)18(22-10-23-19)24-16-8-5-13(20)9-15(16)21/h3-11H,1-2H3,(H,22,23,24). The second-order valence-electron chi connectivity index (χ2n) is 6.21.